The highest BCUT2D eigenvalue weighted by atomic mass is 16.9. The monoisotopic (exact) mass is 253 g/mol. The Kier molecular flexibility index (Phi) is 2.95. The number of rotatable bonds is 1. The molecule has 1 saturated heterocycles. The van der Waals surface area contributed by atoms with Gasteiger partial charge in [0.1, 0.15) is 5.62 Å². The molecule has 3 unspecified atom stereocenters. The second-order valence-electron chi connectivity index (χ2n) is 4.26. The smallest absolute Gasteiger partial charge is 0.336 e. The van der Waals surface area contributed by atoms with Crippen molar-refractivity contribution in [2.45, 2.75) is 29.0 Å². The third-order valence-electron chi connectivity index (χ3n) is 2.53. The summed E-state index contributed by atoms with van der Waals surface area (Å²) in [5.74, 6) is -11.2. The Balaban J connectivity index is 3.28. The molecule has 1 aliphatic rings. The Bertz CT molecular complexity index is 326. The molecule has 0 aliphatic carbocycles. The average molecular weight is 253 g/mol. The van der Waals surface area contributed by atoms with E-state index in [4.69, 9.17) is 15.3 Å². The third kappa shape index (κ3) is 1.98. The molecular formula is C5H13B2NO9. The Morgan fingerprint density at radius 2 is 1.29 bits per heavy atom. The van der Waals surface area contributed by atoms with Crippen molar-refractivity contribution in [2.24, 2.45) is 0 Å². The summed E-state index contributed by atoms with van der Waals surface area (Å²) in [4.78, 5) is 0. The van der Waals surface area contributed by atoms with Gasteiger partial charge in [-0.25, -0.2) is 0 Å². The van der Waals surface area contributed by atoms with E-state index in [-0.39, 0.29) is 0 Å². The van der Waals surface area contributed by atoms with Gasteiger partial charge in [-0.3, -0.25) is 10.1 Å². The van der Waals surface area contributed by atoms with E-state index >= 15 is 0 Å². The van der Waals surface area contributed by atoms with Crippen LogP contribution in [0.4, 0.5) is 0 Å². The predicted molar refractivity (Wildman–Crippen MR) is 52.7 cm³/mol. The molecule has 98 valence electrons. The van der Waals surface area contributed by atoms with Crippen LogP contribution in [-0.2, 0) is 4.74 Å². The van der Waals surface area contributed by atoms with Crippen LogP contribution in [0.2, 0.25) is 0 Å². The molecule has 0 bridgehead atoms. The second-order valence-corrected chi connectivity index (χ2v) is 4.26. The number of nitrogens with one attached hydrogen (secondary N) is 1. The summed E-state index contributed by atoms with van der Waals surface area (Å²) in [5, 5.41) is 75.5. The molecule has 3 atom stereocenters. The molecular weight excluding hydrogens is 240 g/mol. The summed E-state index contributed by atoms with van der Waals surface area (Å²) < 4.78 is 4.01. The van der Waals surface area contributed by atoms with E-state index in [0.29, 0.717) is 7.85 Å². The SMILES string of the molecule is BC1(O)NC(B)(O)C(O)(C(O)(O)O)OC1(O)O. The van der Waals surface area contributed by atoms with Crippen LogP contribution in [0.1, 0.15) is 0 Å². The fraction of sp³-hybridized carbons (Fsp3) is 1.00. The fourth-order valence-electron chi connectivity index (χ4n) is 1.44. The molecule has 9 N–H and O–H groups in total. The third-order valence-corrected chi connectivity index (χ3v) is 2.53. The highest BCUT2D eigenvalue weighted by Crippen LogP contribution is 2.39. The van der Waals surface area contributed by atoms with Crippen molar-refractivity contribution >= 4 is 15.7 Å². The van der Waals surface area contributed by atoms with Gasteiger partial charge in [0.2, 0.25) is 0 Å². The quantitative estimate of drug-likeness (QED) is 0.160. The molecule has 1 heterocycles. The zero-order valence-electron chi connectivity index (χ0n) is 8.99. The van der Waals surface area contributed by atoms with Crippen molar-refractivity contribution in [1.29, 1.82) is 0 Å². The van der Waals surface area contributed by atoms with E-state index in [1.165, 1.54) is 0 Å². The van der Waals surface area contributed by atoms with Crippen molar-refractivity contribution in [3.8, 4) is 0 Å². The number of aliphatic hydroxyl groups is 8. The summed E-state index contributed by atoms with van der Waals surface area (Å²) >= 11 is 0. The lowest BCUT2D eigenvalue weighted by Gasteiger charge is -2.56. The second kappa shape index (κ2) is 3.39. The van der Waals surface area contributed by atoms with Crippen LogP contribution in [0.5, 0.6) is 0 Å². The first-order valence-electron chi connectivity index (χ1n) is 4.45. The van der Waals surface area contributed by atoms with Gasteiger partial charge in [0.05, 0.1) is 0 Å². The lowest BCUT2D eigenvalue weighted by molar-refractivity contribution is -0.572. The minimum absolute atomic E-state index is 0.689. The van der Waals surface area contributed by atoms with E-state index in [1.807, 2.05) is 0 Å². The van der Waals surface area contributed by atoms with E-state index in [9.17, 15) is 25.5 Å². The standard InChI is InChI=1S/C5H13B2NO9/c6-2(10)1(9,4(12,13)14)17-5(15,16)3(7,11)8-2/h8-16H,6-7H2. The lowest BCUT2D eigenvalue weighted by Crippen LogP contribution is -2.88. The van der Waals surface area contributed by atoms with Crippen LogP contribution in [0, 0.1) is 0 Å². The number of morpholine rings is 1. The maximum absolute atomic E-state index is 9.65. The Hall–Kier alpha value is -0.270. The largest absolute Gasteiger partial charge is 0.378 e. The van der Waals surface area contributed by atoms with E-state index in [1.54, 1.807) is 5.32 Å². The molecule has 12 heteroatoms. The molecule has 1 fully saturated rings. The van der Waals surface area contributed by atoms with Crippen molar-refractivity contribution in [3.05, 3.63) is 0 Å². The van der Waals surface area contributed by atoms with Gasteiger partial charge in [0, 0.05) is 0 Å². The van der Waals surface area contributed by atoms with Crippen molar-refractivity contribution in [3.63, 3.8) is 0 Å². The molecule has 0 aromatic carbocycles. The fourth-order valence-corrected chi connectivity index (χ4v) is 1.44. The molecule has 0 aromatic heterocycles. The van der Waals surface area contributed by atoms with Crippen LogP contribution in [0.3, 0.4) is 0 Å². The van der Waals surface area contributed by atoms with Crippen molar-refractivity contribution in [2.75, 3.05) is 0 Å². The van der Waals surface area contributed by atoms with Gasteiger partial charge in [-0.1, -0.05) is 0 Å². The normalized spacial score (nSPS) is 46.8. The lowest BCUT2D eigenvalue weighted by atomic mass is 9.74. The zero-order valence-corrected chi connectivity index (χ0v) is 8.99. The molecule has 0 radical (unpaired) electrons. The van der Waals surface area contributed by atoms with E-state index < -0.39 is 29.0 Å². The Morgan fingerprint density at radius 1 is 0.882 bits per heavy atom. The molecule has 17 heavy (non-hydrogen) atoms. The van der Waals surface area contributed by atoms with Gasteiger partial charge in [-0.15, -0.1) is 0 Å². The topological polar surface area (TPSA) is 183 Å². The molecule has 1 rings (SSSR count). The first-order valence-corrected chi connectivity index (χ1v) is 4.45. The molecule has 0 spiro atoms. The highest BCUT2D eigenvalue weighted by molar-refractivity contribution is 6.18. The van der Waals surface area contributed by atoms with Crippen molar-refractivity contribution < 1.29 is 45.6 Å². The number of hydrogen-bond acceptors (Lipinski definition) is 10. The number of ether oxygens (including phenoxy) is 1. The summed E-state index contributed by atoms with van der Waals surface area (Å²) in [5.41, 5.74) is -5.50. The van der Waals surface area contributed by atoms with Crippen molar-refractivity contribution in [1.82, 2.24) is 5.32 Å². The minimum Gasteiger partial charge on any atom is -0.378 e. The zero-order chi connectivity index (χ0) is 13.9. The average Bonchev–Trinajstić information content (AvgIpc) is 1.95. The summed E-state index contributed by atoms with van der Waals surface area (Å²) in [7, 11) is 1.45. The van der Waals surface area contributed by atoms with Crippen LogP contribution in [0.15, 0.2) is 0 Å². The van der Waals surface area contributed by atoms with Gasteiger partial charge in [-0.2, -0.15) is 0 Å². The van der Waals surface area contributed by atoms with Crippen LogP contribution in [0.25, 0.3) is 0 Å². The maximum atomic E-state index is 9.65. The van der Waals surface area contributed by atoms with Gasteiger partial charge >= 0.3 is 11.9 Å². The summed E-state index contributed by atoms with van der Waals surface area (Å²) in [6.07, 6.45) is 0. The Morgan fingerprint density at radius 3 is 1.65 bits per heavy atom. The molecule has 0 aromatic rings. The van der Waals surface area contributed by atoms with Gasteiger partial charge in [0.15, 0.2) is 21.3 Å². The first-order chi connectivity index (χ1) is 7.16. The van der Waals surface area contributed by atoms with Crippen LogP contribution >= 0.6 is 0 Å². The molecule has 0 amide bonds. The maximum Gasteiger partial charge on any atom is 0.336 e. The highest BCUT2D eigenvalue weighted by Gasteiger charge is 2.72. The van der Waals surface area contributed by atoms with E-state index in [0.717, 1.165) is 7.85 Å². The van der Waals surface area contributed by atoms with Crippen LogP contribution in [-0.4, -0.2) is 85.5 Å². The molecule has 1 aliphatic heterocycles. The van der Waals surface area contributed by atoms with Gasteiger partial charge < -0.3 is 40.9 Å². The van der Waals surface area contributed by atoms with E-state index in [2.05, 4.69) is 4.74 Å². The molecule has 0 saturated carbocycles. The predicted octanol–water partition coefficient (Wildman–Crippen LogP) is -7.88. The Labute approximate surface area is 96.5 Å². The van der Waals surface area contributed by atoms with Crippen LogP contribution < -0.4 is 5.32 Å². The first kappa shape index (κ1) is 14.8. The van der Waals surface area contributed by atoms with Gasteiger partial charge in [0.25, 0.3) is 5.79 Å². The summed E-state index contributed by atoms with van der Waals surface area (Å²) in [6.45, 7) is 0. The number of hydrogen-bond donors (Lipinski definition) is 9. The molecule has 10 nitrogen and oxygen atoms in total. The van der Waals surface area contributed by atoms with Gasteiger partial charge in [-0.05, 0) is 0 Å². The minimum atomic E-state index is -4.04. The summed E-state index contributed by atoms with van der Waals surface area (Å²) in [6, 6.07) is 0.